The maximum absolute atomic E-state index is 2.82. The molecule has 6 aliphatic rings. The van der Waals surface area contributed by atoms with Gasteiger partial charge < -0.3 is 0 Å². The second kappa shape index (κ2) is 24.4. The summed E-state index contributed by atoms with van der Waals surface area (Å²) >= 11 is 0. The molecular formula is C90H72. The van der Waals surface area contributed by atoms with Gasteiger partial charge in [-0.15, -0.1) is 0 Å². The van der Waals surface area contributed by atoms with Gasteiger partial charge in [-0.25, -0.2) is 0 Å². The highest BCUT2D eigenvalue weighted by Crippen LogP contribution is 2.60. The Kier molecular flexibility index (Phi) is 15.0. The lowest BCUT2D eigenvalue weighted by Crippen LogP contribution is -2.32. The smallest absolute Gasteiger partial charge is 0.0131 e. The molecule has 10 aromatic carbocycles. The number of hydrogen-bond acceptors (Lipinski definition) is 0. The van der Waals surface area contributed by atoms with Crippen LogP contribution in [0.1, 0.15) is 99.8 Å². The van der Waals surface area contributed by atoms with Crippen LogP contribution in [0, 0.1) is 17.8 Å². The van der Waals surface area contributed by atoms with Crippen molar-refractivity contribution >= 4 is 16.7 Å². The molecule has 90 heavy (non-hydrogen) atoms. The van der Waals surface area contributed by atoms with Crippen molar-refractivity contribution in [2.45, 2.75) is 55.3 Å². The quantitative estimate of drug-likeness (QED) is 0.114. The number of benzene rings is 10. The molecule has 10 aromatic rings. The lowest BCUT2D eigenvalue weighted by atomic mass is 9.58. The van der Waals surface area contributed by atoms with E-state index >= 15 is 0 Å². The van der Waals surface area contributed by atoms with Crippen LogP contribution in [-0.2, 0) is 0 Å². The van der Waals surface area contributed by atoms with Crippen molar-refractivity contribution in [1.82, 2.24) is 0 Å². The Morgan fingerprint density at radius 2 is 0.756 bits per heavy atom. The Hall–Kier alpha value is -10.1. The van der Waals surface area contributed by atoms with Crippen molar-refractivity contribution in [3.05, 3.63) is 390 Å². The van der Waals surface area contributed by atoms with Crippen LogP contribution in [0.5, 0.6) is 0 Å². The summed E-state index contributed by atoms with van der Waals surface area (Å²) in [7, 11) is 0. The van der Waals surface area contributed by atoms with E-state index in [9.17, 15) is 0 Å². The van der Waals surface area contributed by atoms with Crippen LogP contribution < -0.4 is 0 Å². The van der Waals surface area contributed by atoms with Crippen LogP contribution in [0.3, 0.4) is 0 Å². The Balaban J connectivity index is 0.961. The van der Waals surface area contributed by atoms with E-state index < -0.39 is 0 Å². The molecule has 0 fully saturated rings. The third-order valence-corrected chi connectivity index (χ3v) is 20.3. The van der Waals surface area contributed by atoms with Crippen molar-refractivity contribution in [2.75, 3.05) is 0 Å². The van der Waals surface area contributed by atoms with E-state index in [0.717, 1.165) is 25.7 Å². The maximum atomic E-state index is 2.82. The van der Waals surface area contributed by atoms with Crippen LogP contribution in [0.15, 0.2) is 345 Å². The van der Waals surface area contributed by atoms with Crippen LogP contribution in [0.4, 0.5) is 0 Å². The van der Waals surface area contributed by atoms with E-state index in [1.165, 1.54) is 122 Å². The van der Waals surface area contributed by atoms with Crippen LogP contribution in [-0.4, -0.2) is 0 Å². The topological polar surface area (TPSA) is 0 Å². The lowest BCUT2D eigenvalue weighted by Gasteiger charge is -2.46. The summed E-state index contributed by atoms with van der Waals surface area (Å²) in [6.07, 6.45) is 38.2. The molecule has 8 atom stereocenters. The summed E-state index contributed by atoms with van der Waals surface area (Å²) in [6, 6.07) is 96.7. The van der Waals surface area contributed by atoms with Gasteiger partial charge in [0.05, 0.1) is 0 Å². The van der Waals surface area contributed by atoms with Crippen molar-refractivity contribution in [1.29, 1.82) is 0 Å². The SMILES string of the molecule is C1=CCC(c2cccc(C3C=C4C(=CC3c3cccc(-c5ccccc5)c3)c3cc(-c5cccc(-c6ccccc6)c5)c(-c5cccc(-c6ccccc6)c5)cc3C3=CC(C5C=C(c6ccccc6)C=CC5)C(c5cccc(C6C=CC=CC6)c5)CC43)c2)C=C1. The summed E-state index contributed by atoms with van der Waals surface area (Å²) in [6.45, 7) is 0. The maximum Gasteiger partial charge on any atom is 0.0131 e. The highest BCUT2D eigenvalue weighted by atomic mass is 14.5. The minimum absolute atomic E-state index is 0.0481. The first-order valence-corrected chi connectivity index (χ1v) is 32.7. The van der Waals surface area contributed by atoms with Crippen molar-refractivity contribution < 1.29 is 0 Å². The largest absolute Gasteiger partial charge is 0.0836 e. The molecule has 0 N–H and O–H groups in total. The summed E-state index contributed by atoms with van der Waals surface area (Å²) in [5.41, 5.74) is 28.8. The zero-order chi connectivity index (χ0) is 59.7. The first kappa shape index (κ1) is 55.2. The van der Waals surface area contributed by atoms with E-state index in [1.807, 2.05) is 0 Å². The Morgan fingerprint density at radius 1 is 0.289 bits per heavy atom. The van der Waals surface area contributed by atoms with Gasteiger partial charge in [-0.1, -0.05) is 316 Å². The van der Waals surface area contributed by atoms with Gasteiger partial charge in [0, 0.05) is 29.6 Å². The molecule has 0 heterocycles. The number of fused-ring (bicyclic) bond motifs is 6. The van der Waals surface area contributed by atoms with Crippen molar-refractivity contribution in [3.63, 3.8) is 0 Å². The average Bonchev–Trinajstić information content (AvgIpc) is 0.742. The van der Waals surface area contributed by atoms with Gasteiger partial charge >= 0.3 is 0 Å². The summed E-state index contributed by atoms with van der Waals surface area (Å²) in [5.74, 6) is 1.72. The molecule has 0 saturated carbocycles. The molecule has 8 unspecified atom stereocenters. The zero-order valence-electron chi connectivity index (χ0n) is 50.8. The predicted molar refractivity (Wildman–Crippen MR) is 380 cm³/mol. The molecule has 16 rings (SSSR count). The van der Waals surface area contributed by atoms with Crippen LogP contribution in [0.2, 0.25) is 0 Å². The van der Waals surface area contributed by atoms with Gasteiger partial charge in [0.15, 0.2) is 0 Å². The van der Waals surface area contributed by atoms with Gasteiger partial charge in [-0.3, -0.25) is 0 Å². The van der Waals surface area contributed by atoms with Crippen LogP contribution >= 0.6 is 0 Å². The molecule has 0 spiro atoms. The molecule has 0 bridgehead atoms. The molecule has 0 heteroatoms. The average molecular weight is 1150 g/mol. The molecule has 0 aliphatic heterocycles. The third-order valence-electron chi connectivity index (χ3n) is 20.3. The molecule has 6 aliphatic carbocycles. The standard InChI is InChI=1S/C90H72/c1-7-25-61(26-8-1)67-37-19-43-73(49-67)79-55-85-86(56-80(79)74-44-20-38-68(50-74)62-27-9-2-10-28-62)88-58-82(76-46-22-40-70(52-76)64-31-13-4-14-32-64)84(78-48-24-42-72(54-78)66-35-17-6-18-36-66)60-90(88)89-59-83(77-47-23-41-71(53-77)65-33-15-5-16-34-65)81(57-87(85)89)75-45-21-39-69(51-75)63-29-11-3-12-30-63/h1-33,35,37-45,47-59,65-66,76,81-84,90H,34,36,46,60H2. The minimum Gasteiger partial charge on any atom is -0.0836 e. The molecule has 0 amide bonds. The fraction of sp³-hybridized carbons (Fsp3) is 0.133. The van der Waals surface area contributed by atoms with Gasteiger partial charge in [-0.2, -0.15) is 0 Å². The van der Waals surface area contributed by atoms with E-state index in [4.69, 9.17) is 0 Å². The summed E-state index contributed by atoms with van der Waals surface area (Å²) in [5, 5.41) is 0. The van der Waals surface area contributed by atoms with Crippen molar-refractivity contribution in [2.24, 2.45) is 17.8 Å². The van der Waals surface area contributed by atoms with E-state index in [0.29, 0.717) is 11.8 Å². The van der Waals surface area contributed by atoms with Gasteiger partial charge in [0.1, 0.15) is 0 Å². The van der Waals surface area contributed by atoms with Gasteiger partial charge in [-0.05, 0) is 190 Å². The second-order valence-electron chi connectivity index (χ2n) is 25.6. The predicted octanol–water partition coefficient (Wildman–Crippen LogP) is 23.6. The molecule has 0 nitrogen and oxygen atoms in total. The van der Waals surface area contributed by atoms with E-state index in [1.54, 1.807) is 0 Å². The highest BCUT2D eigenvalue weighted by Gasteiger charge is 2.44. The Morgan fingerprint density at radius 3 is 1.33 bits per heavy atom. The fourth-order valence-corrected chi connectivity index (χ4v) is 15.8. The zero-order valence-corrected chi connectivity index (χ0v) is 50.8. The fourth-order valence-electron chi connectivity index (χ4n) is 15.8. The number of allylic oxidation sites excluding steroid dienone is 18. The number of rotatable bonds is 12. The van der Waals surface area contributed by atoms with Gasteiger partial charge in [0.2, 0.25) is 0 Å². The summed E-state index contributed by atoms with van der Waals surface area (Å²) in [4.78, 5) is 0. The molecular weight excluding hydrogens is 1080 g/mol. The highest BCUT2D eigenvalue weighted by molar-refractivity contribution is 6.01. The van der Waals surface area contributed by atoms with Crippen LogP contribution in [0.25, 0.3) is 72.4 Å². The first-order chi connectivity index (χ1) is 44.6. The third kappa shape index (κ3) is 10.9. The Bertz CT molecular complexity index is 4610. The minimum atomic E-state index is 0.0481. The second-order valence-corrected chi connectivity index (χ2v) is 25.6. The monoisotopic (exact) mass is 1150 g/mol. The Labute approximate surface area is 532 Å². The van der Waals surface area contributed by atoms with Crippen molar-refractivity contribution in [3.8, 4) is 55.6 Å². The first-order valence-electron chi connectivity index (χ1n) is 32.7. The van der Waals surface area contributed by atoms with Gasteiger partial charge in [0.25, 0.3) is 0 Å². The van der Waals surface area contributed by atoms with E-state index in [2.05, 4.69) is 340 Å². The molecule has 0 saturated heterocycles. The summed E-state index contributed by atoms with van der Waals surface area (Å²) < 4.78 is 0. The molecule has 432 valence electrons. The normalized spacial score (nSPS) is 22.1. The number of hydrogen-bond donors (Lipinski definition) is 0. The molecule has 0 aromatic heterocycles. The molecule has 0 radical (unpaired) electrons. The lowest BCUT2D eigenvalue weighted by molar-refractivity contribution is 0.350. The van der Waals surface area contributed by atoms with E-state index in [-0.39, 0.29) is 35.5 Å².